The second kappa shape index (κ2) is 7.16. The molecule has 0 fully saturated rings. The van der Waals surface area contributed by atoms with Gasteiger partial charge in [-0.05, 0) is 13.8 Å². The predicted octanol–water partition coefficient (Wildman–Crippen LogP) is 2.53. The van der Waals surface area contributed by atoms with Gasteiger partial charge in [-0.15, -0.1) is 11.8 Å². The molecule has 0 aliphatic carbocycles. The van der Waals surface area contributed by atoms with E-state index in [9.17, 15) is 5.11 Å². The van der Waals surface area contributed by atoms with E-state index in [0.29, 0.717) is 24.2 Å². The molecule has 0 saturated heterocycles. The quantitative estimate of drug-likeness (QED) is 0.639. The number of thioether (sulfide) groups is 1. The Labute approximate surface area is 111 Å². The zero-order valence-electron chi connectivity index (χ0n) is 10.2. The van der Waals surface area contributed by atoms with Crippen molar-refractivity contribution in [2.45, 2.75) is 43.8 Å². The molecule has 0 aliphatic heterocycles. The van der Waals surface area contributed by atoms with Gasteiger partial charge in [-0.3, -0.25) is 0 Å². The van der Waals surface area contributed by atoms with Crippen LogP contribution in [0.1, 0.15) is 26.6 Å². The van der Waals surface area contributed by atoms with Gasteiger partial charge in [-0.2, -0.15) is 0 Å². The fourth-order valence-corrected chi connectivity index (χ4v) is 2.23. The lowest BCUT2D eigenvalue weighted by Crippen LogP contribution is -2.15. The van der Waals surface area contributed by atoms with E-state index in [1.807, 2.05) is 13.8 Å². The first-order valence-corrected chi connectivity index (χ1v) is 6.74. The van der Waals surface area contributed by atoms with E-state index >= 15 is 0 Å². The molecule has 0 radical (unpaired) electrons. The number of hydrogen-bond acceptors (Lipinski definition) is 5. The molecule has 2 unspecified atom stereocenters. The summed E-state index contributed by atoms with van der Waals surface area (Å²) in [5.41, 5.74) is 0. The largest absolute Gasteiger partial charge is 0.392 e. The minimum Gasteiger partial charge on any atom is -0.392 e. The van der Waals surface area contributed by atoms with E-state index in [-0.39, 0.29) is 5.25 Å². The van der Waals surface area contributed by atoms with Crippen LogP contribution in [0.2, 0.25) is 5.15 Å². The Kier molecular flexibility index (Phi) is 6.19. The third-order valence-corrected chi connectivity index (χ3v) is 3.55. The molecule has 17 heavy (non-hydrogen) atoms. The average Bonchev–Trinajstić information content (AvgIpc) is 2.25. The van der Waals surface area contributed by atoms with E-state index in [4.69, 9.17) is 16.3 Å². The number of aliphatic hydroxyl groups is 1. The topological polar surface area (TPSA) is 55.2 Å². The molecule has 0 saturated carbocycles. The van der Waals surface area contributed by atoms with E-state index in [0.717, 1.165) is 5.03 Å². The molecule has 1 aromatic heterocycles. The lowest BCUT2D eigenvalue weighted by atomic mass is 10.3. The van der Waals surface area contributed by atoms with E-state index in [1.54, 1.807) is 13.0 Å². The molecule has 0 amide bonds. The zero-order valence-corrected chi connectivity index (χ0v) is 11.8. The number of halogens is 1. The molecule has 2 atom stereocenters. The lowest BCUT2D eigenvalue weighted by molar-refractivity contribution is 0.128. The van der Waals surface area contributed by atoms with Crippen LogP contribution in [0.4, 0.5) is 0 Å². The van der Waals surface area contributed by atoms with Gasteiger partial charge in [0.1, 0.15) is 16.8 Å². The summed E-state index contributed by atoms with van der Waals surface area (Å²) >= 11 is 7.38. The molecule has 0 aliphatic rings. The highest BCUT2D eigenvalue weighted by Crippen LogP contribution is 2.25. The highest BCUT2D eigenvalue weighted by molar-refractivity contribution is 7.99. The van der Waals surface area contributed by atoms with Gasteiger partial charge in [0.15, 0.2) is 5.82 Å². The minimum absolute atomic E-state index is 0.0564. The second-order valence-corrected chi connectivity index (χ2v) is 5.43. The molecule has 1 N–H and O–H groups in total. The highest BCUT2D eigenvalue weighted by atomic mass is 35.5. The third-order valence-electron chi connectivity index (χ3n) is 2.14. The van der Waals surface area contributed by atoms with Crippen molar-refractivity contribution in [1.82, 2.24) is 9.97 Å². The summed E-state index contributed by atoms with van der Waals surface area (Å²) < 4.78 is 5.24. The summed E-state index contributed by atoms with van der Waals surface area (Å²) in [4.78, 5) is 8.40. The van der Waals surface area contributed by atoms with Crippen LogP contribution in [0.3, 0.4) is 0 Å². The zero-order chi connectivity index (χ0) is 12.8. The molecule has 0 aromatic carbocycles. The summed E-state index contributed by atoms with van der Waals surface area (Å²) in [7, 11) is 0. The van der Waals surface area contributed by atoms with Crippen LogP contribution >= 0.6 is 23.4 Å². The number of aromatic nitrogens is 2. The monoisotopic (exact) mass is 276 g/mol. The van der Waals surface area contributed by atoms with Gasteiger partial charge in [0.25, 0.3) is 0 Å². The van der Waals surface area contributed by atoms with Crippen LogP contribution in [-0.4, -0.2) is 33.0 Å². The van der Waals surface area contributed by atoms with Crippen molar-refractivity contribution < 1.29 is 9.84 Å². The van der Waals surface area contributed by atoms with Crippen molar-refractivity contribution in [1.29, 1.82) is 0 Å². The Bertz CT molecular complexity index is 363. The van der Waals surface area contributed by atoms with E-state index < -0.39 is 6.10 Å². The highest BCUT2D eigenvalue weighted by Gasteiger charge is 2.13. The number of rotatable bonds is 6. The molecule has 1 rings (SSSR count). The van der Waals surface area contributed by atoms with Crippen molar-refractivity contribution in [3.05, 3.63) is 17.0 Å². The maximum absolute atomic E-state index is 9.44. The fraction of sp³-hybridized carbons (Fsp3) is 0.636. The third kappa shape index (κ3) is 5.21. The molecule has 0 bridgehead atoms. The average molecular weight is 277 g/mol. The molecule has 0 spiro atoms. The Hall–Kier alpha value is -0.360. The fourth-order valence-electron chi connectivity index (χ4n) is 1.05. The first-order chi connectivity index (χ1) is 8.02. The Morgan fingerprint density at radius 2 is 2.18 bits per heavy atom. The van der Waals surface area contributed by atoms with Crippen LogP contribution in [-0.2, 0) is 11.3 Å². The van der Waals surface area contributed by atoms with Gasteiger partial charge in [0.05, 0.1) is 6.10 Å². The van der Waals surface area contributed by atoms with Gasteiger partial charge >= 0.3 is 0 Å². The Morgan fingerprint density at radius 3 is 2.76 bits per heavy atom. The van der Waals surface area contributed by atoms with Gasteiger partial charge in [-0.1, -0.05) is 18.5 Å². The maximum Gasteiger partial charge on any atom is 0.156 e. The Balaban J connectivity index is 2.74. The van der Waals surface area contributed by atoms with Crippen LogP contribution in [0, 0.1) is 0 Å². The van der Waals surface area contributed by atoms with Crippen LogP contribution in [0.5, 0.6) is 0 Å². The van der Waals surface area contributed by atoms with Gasteiger partial charge in [0.2, 0.25) is 0 Å². The summed E-state index contributed by atoms with van der Waals surface area (Å²) in [6, 6.07) is 1.69. The number of hydrogen-bond donors (Lipinski definition) is 1. The van der Waals surface area contributed by atoms with Crippen LogP contribution in [0.15, 0.2) is 11.1 Å². The summed E-state index contributed by atoms with van der Waals surface area (Å²) in [6.07, 6.45) is -0.399. The smallest absolute Gasteiger partial charge is 0.156 e. The molecule has 1 heterocycles. The van der Waals surface area contributed by atoms with Gasteiger partial charge < -0.3 is 9.84 Å². The maximum atomic E-state index is 9.44. The van der Waals surface area contributed by atoms with Gasteiger partial charge in [0, 0.05) is 17.9 Å². The summed E-state index contributed by atoms with van der Waals surface area (Å²) in [6.45, 7) is 6.57. The number of aliphatic hydroxyl groups excluding tert-OH is 1. The lowest BCUT2D eigenvalue weighted by Gasteiger charge is -2.13. The first-order valence-electron chi connectivity index (χ1n) is 5.48. The van der Waals surface area contributed by atoms with Gasteiger partial charge in [-0.25, -0.2) is 9.97 Å². The number of nitrogens with zero attached hydrogens (tertiary/aromatic N) is 2. The van der Waals surface area contributed by atoms with Crippen molar-refractivity contribution >= 4 is 23.4 Å². The number of ether oxygens (including phenoxy) is 1. The standard InChI is InChI=1S/C11H17ClN2O2S/c1-4-16-6-10-13-9(12)5-11(14-10)17-8(3)7(2)15/h5,7-8,15H,4,6H2,1-3H3. The van der Waals surface area contributed by atoms with Crippen molar-refractivity contribution in [3.63, 3.8) is 0 Å². The molecule has 4 nitrogen and oxygen atoms in total. The normalized spacial score (nSPS) is 14.6. The molecule has 1 aromatic rings. The first kappa shape index (κ1) is 14.7. The van der Waals surface area contributed by atoms with E-state index in [1.165, 1.54) is 11.8 Å². The molecule has 6 heteroatoms. The van der Waals surface area contributed by atoms with Crippen molar-refractivity contribution in [2.75, 3.05) is 6.61 Å². The van der Waals surface area contributed by atoms with Crippen molar-refractivity contribution in [2.24, 2.45) is 0 Å². The van der Waals surface area contributed by atoms with Crippen molar-refractivity contribution in [3.8, 4) is 0 Å². The second-order valence-electron chi connectivity index (χ2n) is 3.65. The SMILES string of the molecule is CCOCc1nc(Cl)cc(SC(C)C(C)O)n1. The van der Waals surface area contributed by atoms with E-state index in [2.05, 4.69) is 9.97 Å². The summed E-state index contributed by atoms with van der Waals surface area (Å²) in [5, 5.41) is 10.7. The summed E-state index contributed by atoms with van der Waals surface area (Å²) in [5.74, 6) is 0.569. The van der Waals surface area contributed by atoms with Crippen LogP contribution < -0.4 is 0 Å². The van der Waals surface area contributed by atoms with Crippen LogP contribution in [0.25, 0.3) is 0 Å². The molecular weight excluding hydrogens is 260 g/mol. The predicted molar refractivity (Wildman–Crippen MR) is 69.4 cm³/mol. The minimum atomic E-state index is -0.399. The molecular formula is C11H17ClN2O2S. The molecule has 96 valence electrons. The Morgan fingerprint density at radius 1 is 1.47 bits per heavy atom.